The first-order chi connectivity index (χ1) is 7.82. The van der Waals surface area contributed by atoms with Crippen LogP contribution in [-0.2, 0) is 4.79 Å². The number of ketones is 1. The van der Waals surface area contributed by atoms with Crippen molar-refractivity contribution in [3.05, 3.63) is 24.0 Å². The fraction of sp³-hybridized carbons (Fsp3) is 0.400. The summed E-state index contributed by atoms with van der Waals surface area (Å²) in [5.74, 6) is -0.395. The van der Waals surface area contributed by atoms with Gasteiger partial charge in [0.15, 0.2) is 5.76 Å². The molecule has 1 aliphatic carbocycles. The zero-order chi connectivity index (χ0) is 12.7. The first-order valence-corrected chi connectivity index (χ1v) is 6.07. The molecule has 0 aromatic carbocycles. The molecule has 0 radical (unpaired) electrons. The Kier molecular flexibility index (Phi) is 3.14. The van der Waals surface area contributed by atoms with Crippen LogP contribution in [0.2, 0.25) is 0 Å². The van der Waals surface area contributed by atoms with Crippen molar-refractivity contribution in [1.82, 2.24) is 5.32 Å². The maximum Gasteiger partial charge on any atom is 0.296 e. The number of aliphatic hydroxyl groups excluding tert-OH is 1. The number of halogens is 3. The number of alkyl halides is 3. The van der Waals surface area contributed by atoms with E-state index < -0.39 is 15.1 Å². The first-order valence-electron chi connectivity index (χ1n) is 4.94. The normalized spacial score (nSPS) is 28.8. The van der Waals surface area contributed by atoms with Gasteiger partial charge in [-0.2, -0.15) is 0 Å². The first kappa shape index (κ1) is 12.7. The summed E-state index contributed by atoms with van der Waals surface area (Å²) in [6.45, 7) is 0.568. The highest BCUT2D eigenvalue weighted by atomic mass is 35.6. The average molecular weight is 297 g/mol. The Balaban J connectivity index is 2.29. The van der Waals surface area contributed by atoms with Crippen LogP contribution in [0.5, 0.6) is 0 Å². The summed E-state index contributed by atoms with van der Waals surface area (Å²) >= 11 is 17.3. The molecule has 1 aliphatic heterocycles. The number of carbonyl (C=O) groups is 1. The van der Waals surface area contributed by atoms with Crippen LogP contribution in [0, 0.1) is 0 Å². The summed E-state index contributed by atoms with van der Waals surface area (Å²) in [6.07, 6.45) is 5.04. The van der Waals surface area contributed by atoms with Crippen molar-refractivity contribution < 1.29 is 14.9 Å². The van der Waals surface area contributed by atoms with E-state index in [9.17, 15) is 9.90 Å². The predicted molar refractivity (Wildman–Crippen MR) is 66.5 cm³/mol. The van der Waals surface area contributed by atoms with Crippen molar-refractivity contribution >= 4 is 46.4 Å². The highest BCUT2D eigenvalue weighted by Crippen LogP contribution is 2.29. The molecule has 0 saturated carbocycles. The summed E-state index contributed by atoms with van der Waals surface area (Å²) in [4.78, 5) is 14.1. The number of amidine groups is 1. The number of carbonyl (C=O) groups excluding carboxylic acids is 1. The Morgan fingerprint density at radius 3 is 2.76 bits per heavy atom. The Hall–Kier alpha value is -0.710. The molecule has 0 aromatic rings. The van der Waals surface area contributed by atoms with Crippen molar-refractivity contribution in [3.63, 3.8) is 0 Å². The molecule has 1 atom stereocenters. The van der Waals surface area contributed by atoms with Crippen LogP contribution < -0.4 is 10.3 Å². The molecule has 0 aromatic heterocycles. The lowest BCUT2D eigenvalue weighted by Gasteiger charge is -2.30. The number of nitrogens with one attached hydrogen (secondary N) is 2. The van der Waals surface area contributed by atoms with Crippen molar-refractivity contribution in [2.45, 2.75) is 15.8 Å². The van der Waals surface area contributed by atoms with Gasteiger partial charge in [0.25, 0.3) is 9.63 Å². The molecular formula is C10H10Cl3N2O2+. The topological polar surface area (TPSA) is 63.3 Å². The van der Waals surface area contributed by atoms with Crippen molar-refractivity contribution in [2.24, 2.45) is 0 Å². The number of rotatable bonds is 0. The van der Waals surface area contributed by atoms with Gasteiger partial charge in [-0.05, 0) is 12.2 Å². The van der Waals surface area contributed by atoms with Gasteiger partial charge in [0.2, 0.25) is 5.78 Å². The summed E-state index contributed by atoms with van der Waals surface area (Å²) < 4.78 is -1.59. The minimum atomic E-state index is -1.59. The number of hydrogen-bond donors (Lipinski definition) is 3. The van der Waals surface area contributed by atoms with Crippen molar-refractivity contribution in [1.29, 1.82) is 0 Å². The lowest BCUT2D eigenvalue weighted by Crippen LogP contribution is -2.85. The fourth-order valence-corrected chi connectivity index (χ4v) is 2.15. The van der Waals surface area contributed by atoms with Crippen LogP contribution in [0.15, 0.2) is 24.0 Å². The lowest BCUT2D eigenvalue weighted by atomic mass is 9.88. The number of aliphatic hydroxyl groups is 1. The molecule has 1 spiro atoms. The molecule has 0 bridgehead atoms. The van der Waals surface area contributed by atoms with Crippen LogP contribution in [0.4, 0.5) is 0 Å². The van der Waals surface area contributed by atoms with E-state index in [1.54, 1.807) is 6.08 Å². The van der Waals surface area contributed by atoms with E-state index in [1.165, 1.54) is 12.2 Å². The zero-order valence-corrected chi connectivity index (χ0v) is 10.9. The molecule has 1 heterocycles. The van der Waals surface area contributed by atoms with Crippen molar-refractivity contribution in [3.8, 4) is 0 Å². The molecule has 7 heteroatoms. The minimum absolute atomic E-state index is 0.300. The monoisotopic (exact) mass is 295 g/mol. The summed E-state index contributed by atoms with van der Waals surface area (Å²) in [6, 6.07) is 0. The molecule has 4 nitrogen and oxygen atoms in total. The van der Waals surface area contributed by atoms with Crippen LogP contribution >= 0.6 is 34.8 Å². The molecule has 17 heavy (non-hydrogen) atoms. The SMILES string of the molecule is O=C1C=CC2(C=C1O)CC[NH+]=C(C(Cl)(Cl)Cl)N2. The molecule has 2 aliphatic rings. The van der Waals surface area contributed by atoms with E-state index in [4.69, 9.17) is 34.8 Å². The van der Waals surface area contributed by atoms with Crippen LogP contribution in [0.1, 0.15) is 6.42 Å². The Labute approximate surface area is 113 Å². The van der Waals surface area contributed by atoms with Gasteiger partial charge < -0.3 is 5.11 Å². The van der Waals surface area contributed by atoms with E-state index in [0.29, 0.717) is 18.8 Å². The molecule has 0 fully saturated rings. The fourth-order valence-electron chi connectivity index (χ4n) is 1.81. The standard InChI is InChI=1S/C10H9Cl3N2O2/c11-10(12,13)8-14-4-3-9(15-8)2-1-6(16)7(17)5-9/h1-2,5,17H,3-4H2,(H,14,15)/p+1. The van der Waals surface area contributed by atoms with Gasteiger partial charge in [-0.3, -0.25) is 15.1 Å². The Morgan fingerprint density at radius 2 is 2.18 bits per heavy atom. The van der Waals surface area contributed by atoms with E-state index in [2.05, 4.69) is 10.3 Å². The van der Waals surface area contributed by atoms with Crippen LogP contribution in [-0.4, -0.2) is 32.6 Å². The predicted octanol–water partition coefficient (Wildman–Crippen LogP) is 0.149. The number of hydrogen-bond acceptors (Lipinski definition) is 3. The molecular weight excluding hydrogens is 286 g/mol. The second-order valence-corrected chi connectivity index (χ2v) is 6.22. The molecule has 3 N–H and O–H groups in total. The number of allylic oxidation sites excluding steroid dienone is 1. The van der Waals surface area contributed by atoms with E-state index in [-0.39, 0.29) is 5.76 Å². The third kappa shape index (κ3) is 2.59. The van der Waals surface area contributed by atoms with Crippen LogP contribution in [0.3, 0.4) is 0 Å². The third-order valence-corrected chi connectivity index (χ3v) is 3.23. The third-order valence-electron chi connectivity index (χ3n) is 2.66. The quantitative estimate of drug-likeness (QED) is 0.558. The lowest BCUT2D eigenvalue weighted by molar-refractivity contribution is -0.468. The van der Waals surface area contributed by atoms with Gasteiger partial charge in [-0.1, -0.05) is 34.8 Å². The largest absolute Gasteiger partial charge is 0.504 e. The summed E-state index contributed by atoms with van der Waals surface area (Å²) in [7, 11) is 0. The van der Waals surface area contributed by atoms with Gasteiger partial charge in [0.1, 0.15) is 5.54 Å². The minimum Gasteiger partial charge on any atom is -0.504 e. The van der Waals surface area contributed by atoms with Gasteiger partial charge in [-0.25, -0.2) is 0 Å². The molecule has 0 saturated heterocycles. The summed E-state index contributed by atoms with van der Waals surface area (Å²) in [5, 5.41) is 12.5. The highest BCUT2D eigenvalue weighted by molar-refractivity contribution is 6.76. The summed E-state index contributed by atoms with van der Waals surface area (Å²) in [5.41, 5.74) is -0.678. The Bertz CT molecular complexity index is 451. The second kappa shape index (κ2) is 4.19. The van der Waals surface area contributed by atoms with Gasteiger partial charge >= 0.3 is 0 Å². The van der Waals surface area contributed by atoms with Crippen LogP contribution in [0.25, 0.3) is 0 Å². The van der Waals surface area contributed by atoms with Gasteiger partial charge in [0.05, 0.1) is 6.54 Å². The maximum absolute atomic E-state index is 11.2. The second-order valence-electron chi connectivity index (χ2n) is 3.94. The zero-order valence-electron chi connectivity index (χ0n) is 8.64. The Morgan fingerprint density at radius 1 is 1.47 bits per heavy atom. The maximum atomic E-state index is 11.2. The molecule has 92 valence electrons. The van der Waals surface area contributed by atoms with E-state index >= 15 is 0 Å². The molecule has 1 unspecified atom stereocenters. The van der Waals surface area contributed by atoms with Crippen molar-refractivity contribution in [2.75, 3.05) is 6.54 Å². The van der Waals surface area contributed by atoms with E-state index in [0.717, 1.165) is 0 Å². The van der Waals surface area contributed by atoms with Gasteiger partial charge in [-0.15, -0.1) is 0 Å². The smallest absolute Gasteiger partial charge is 0.296 e. The molecule has 0 amide bonds. The van der Waals surface area contributed by atoms with Gasteiger partial charge in [0, 0.05) is 12.5 Å². The average Bonchev–Trinajstić information content (AvgIpc) is 2.23. The van der Waals surface area contributed by atoms with E-state index in [1.807, 2.05) is 0 Å². The highest BCUT2D eigenvalue weighted by Gasteiger charge is 2.45. The molecule has 2 rings (SSSR count).